The van der Waals surface area contributed by atoms with Crippen LogP contribution in [0, 0.1) is 17.1 Å². The summed E-state index contributed by atoms with van der Waals surface area (Å²) < 4.78 is 15.7. The summed E-state index contributed by atoms with van der Waals surface area (Å²) in [4.78, 5) is 0. The highest BCUT2D eigenvalue weighted by molar-refractivity contribution is 6.31. The van der Waals surface area contributed by atoms with Gasteiger partial charge in [0.05, 0.1) is 18.2 Å². The van der Waals surface area contributed by atoms with Crippen LogP contribution in [-0.2, 0) is 6.54 Å². The van der Waals surface area contributed by atoms with E-state index in [0.29, 0.717) is 22.7 Å². The SMILES string of the molecule is N#Cc1ccc(F)c(Cn2ccc3ccc(Cl)cc32)c1. The average molecular weight is 285 g/mol. The van der Waals surface area contributed by atoms with Crippen LogP contribution in [0.15, 0.2) is 48.7 Å². The van der Waals surface area contributed by atoms with Gasteiger partial charge in [0.2, 0.25) is 0 Å². The normalized spacial score (nSPS) is 10.7. The van der Waals surface area contributed by atoms with E-state index in [1.807, 2.05) is 41.1 Å². The van der Waals surface area contributed by atoms with Gasteiger partial charge in [0.15, 0.2) is 0 Å². The Kier molecular flexibility index (Phi) is 3.17. The first-order valence-corrected chi connectivity index (χ1v) is 6.48. The van der Waals surface area contributed by atoms with E-state index in [1.165, 1.54) is 12.1 Å². The lowest BCUT2D eigenvalue weighted by atomic mass is 10.1. The Bertz CT molecular complexity index is 830. The molecule has 0 N–H and O–H groups in total. The van der Waals surface area contributed by atoms with E-state index in [2.05, 4.69) is 0 Å². The van der Waals surface area contributed by atoms with Crippen LogP contribution < -0.4 is 0 Å². The van der Waals surface area contributed by atoms with Crippen molar-refractivity contribution in [1.29, 1.82) is 5.26 Å². The zero-order chi connectivity index (χ0) is 14.1. The van der Waals surface area contributed by atoms with Crippen molar-refractivity contribution < 1.29 is 4.39 Å². The van der Waals surface area contributed by atoms with Gasteiger partial charge in [-0.3, -0.25) is 0 Å². The minimum absolute atomic E-state index is 0.312. The van der Waals surface area contributed by atoms with Crippen LogP contribution in [0.4, 0.5) is 4.39 Å². The van der Waals surface area contributed by atoms with Crippen molar-refractivity contribution in [3.05, 3.63) is 70.6 Å². The van der Waals surface area contributed by atoms with Gasteiger partial charge >= 0.3 is 0 Å². The summed E-state index contributed by atoms with van der Waals surface area (Å²) in [6, 6.07) is 14.0. The molecule has 3 aromatic rings. The summed E-state index contributed by atoms with van der Waals surface area (Å²) in [7, 11) is 0. The molecule has 1 aromatic heterocycles. The minimum Gasteiger partial charge on any atom is -0.343 e. The predicted octanol–water partition coefficient (Wildman–Crippen LogP) is 4.35. The third-order valence-corrected chi connectivity index (χ3v) is 3.49. The van der Waals surface area contributed by atoms with Crippen LogP contribution in [0.3, 0.4) is 0 Å². The average Bonchev–Trinajstić information content (AvgIpc) is 2.84. The molecule has 98 valence electrons. The summed E-state index contributed by atoms with van der Waals surface area (Å²) in [5.74, 6) is -0.312. The Balaban J connectivity index is 2.05. The highest BCUT2D eigenvalue weighted by Gasteiger charge is 2.07. The number of fused-ring (bicyclic) bond motifs is 1. The Morgan fingerprint density at radius 3 is 2.80 bits per heavy atom. The standard InChI is InChI=1S/C16H10ClFN2/c17-14-3-2-12-5-6-20(16(12)8-14)10-13-7-11(9-19)1-4-15(13)18/h1-8H,10H2. The van der Waals surface area contributed by atoms with Crippen LogP contribution >= 0.6 is 11.6 Å². The number of nitriles is 1. The van der Waals surface area contributed by atoms with Gasteiger partial charge in [-0.2, -0.15) is 5.26 Å². The molecule has 0 saturated heterocycles. The maximum Gasteiger partial charge on any atom is 0.128 e. The largest absolute Gasteiger partial charge is 0.343 e. The fourth-order valence-corrected chi connectivity index (χ4v) is 2.41. The van der Waals surface area contributed by atoms with Crippen LogP contribution in [-0.4, -0.2) is 4.57 Å². The van der Waals surface area contributed by atoms with Crippen LogP contribution in [0.2, 0.25) is 5.02 Å². The molecular formula is C16H10ClFN2. The van der Waals surface area contributed by atoms with Crippen molar-refractivity contribution in [2.45, 2.75) is 6.54 Å². The Morgan fingerprint density at radius 2 is 2.00 bits per heavy atom. The van der Waals surface area contributed by atoms with Crippen molar-refractivity contribution >= 4 is 22.5 Å². The molecule has 0 fully saturated rings. The Labute approximate surface area is 120 Å². The number of nitrogens with zero attached hydrogens (tertiary/aromatic N) is 2. The van der Waals surface area contributed by atoms with Crippen molar-refractivity contribution in [3.8, 4) is 6.07 Å². The van der Waals surface area contributed by atoms with Crippen LogP contribution in [0.1, 0.15) is 11.1 Å². The minimum atomic E-state index is -0.312. The number of halogens is 2. The van der Waals surface area contributed by atoms with Gasteiger partial charge in [-0.1, -0.05) is 17.7 Å². The van der Waals surface area contributed by atoms with E-state index in [0.717, 1.165) is 10.9 Å². The topological polar surface area (TPSA) is 28.7 Å². The Hall–Kier alpha value is -2.31. The first-order valence-electron chi connectivity index (χ1n) is 6.10. The molecule has 0 atom stereocenters. The zero-order valence-corrected chi connectivity index (χ0v) is 11.2. The Morgan fingerprint density at radius 1 is 1.15 bits per heavy atom. The number of benzene rings is 2. The molecule has 0 aliphatic heterocycles. The lowest BCUT2D eigenvalue weighted by molar-refractivity contribution is 0.602. The summed E-state index contributed by atoms with van der Waals surface area (Å²) in [6.45, 7) is 0.366. The number of rotatable bonds is 2. The maximum absolute atomic E-state index is 13.8. The van der Waals surface area contributed by atoms with Crippen LogP contribution in [0.5, 0.6) is 0 Å². The molecule has 2 aromatic carbocycles. The quantitative estimate of drug-likeness (QED) is 0.687. The molecule has 0 aliphatic carbocycles. The van der Waals surface area contributed by atoms with Crippen molar-refractivity contribution in [2.24, 2.45) is 0 Å². The van der Waals surface area contributed by atoms with Gasteiger partial charge in [-0.25, -0.2) is 4.39 Å². The smallest absolute Gasteiger partial charge is 0.128 e. The molecule has 0 aliphatic rings. The maximum atomic E-state index is 13.8. The molecule has 4 heteroatoms. The zero-order valence-electron chi connectivity index (χ0n) is 10.5. The number of aromatic nitrogens is 1. The van der Waals surface area contributed by atoms with E-state index in [-0.39, 0.29) is 5.82 Å². The second-order valence-electron chi connectivity index (χ2n) is 4.56. The third-order valence-electron chi connectivity index (χ3n) is 3.25. The van der Waals surface area contributed by atoms with E-state index in [1.54, 1.807) is 6.07 Å². The predicted molar refractivity (Wildman–Crippen MR) is 77.2 cm³/mol. The summed E-state index contributed by atoms with van der Waals surface area (Å²) in [5, 5.41) is 10.6. The fraction of sp³-hybridized carbons (Fsp3) is 0.0625. The van der Waals surface area contributed by atoms with Crippen molar-refractivity contribution in [2.75, 3.05) is 0 Å². The molecule has 0 bridgehead atoms. The highest BCUT2D eigenvalue weighted by Crippen LogP contribution is 2.22. The second-order valence-corrected chi connectivity index (χ2v) is 5.00. The fourth-order valence-electron chi connectivity index (χ4n) is 2.24. The summed E-state index contributed by atoms with van der Waals surface area (Å²) in [5.41, 5.74) is 1.89. The van der Waals surface area contributed by atoms with E-state index < -0.39 is 0 Å². The molecule has 20 heavy (non-hydrogen) atoms. The lowest BCUT2D eigenvalue weighted by Crippen LogP contribution is -2.01. The van der Waals surface area contributed by atoms with Crippen molar-refractivity contribution in [3.63, 3.8) is 0 Å². The molecular weight excluding hydrogens is 275 g/mol. The van der Waals surface area contributed by atoms with Crippen molar-refractivity contribution in [1.82, 2.24) is 4.57 Å². The molecule has 0 saturated carbocycles. The highest BCUT2D eigenvalue weighted by atomic mass is 35.5. The van der Waals surface area contributed by atoms with Gasteiger partial charge < -0.3 is 4.57 Å². The monoisotopic (exact) mass is 284 g/mol. The van der Waals surface area contributed by atoms with E-state index in [4.69, 9.17) is 16.9 Å². The lowest BCUT2D eigenvalue weighted by Gasteiger charge is -2.07. The molecule has 0 unspecified atom stereocenters. The van der Waals surface area contributed by atoms with Gasteiger partial charge in [-0.05, 0) is 41.8 Å². The van der Waals surface area contributed by atoms with Gasteiger partial charge in [0, 0.05) is 22.3 Å². The number of hydrogen-bond donors (Lipinski definition) is 0. The second kappa shape index (κ2) is 4.99. The first-order chi connectivity index (χ1) is 9.67. The molecule has 3 rings (SSSR count). The van der Waals surface area contributed by atoms with Gasteiger partial charge in [0.25, 0.3) is 0 Å². The third kappa shape index (κ3) is 2.26. The van der Waals surface area contributed by atoms with E-state index in [9.17, 15) is 4.39 Å². The van der Waals surface area contributed by atoms with Gasteiger partial charge in [0.1, 0.15) is 5.82 Å². The molecule has 0 amide bonds. The molecule has 0 radical (unpaired) electrons. The first kappa shape index (κ1) is 12.7. The summed E-state index contributed by atoms with van der Waals surface area (Å²) in [6.07, 6.45) is 1.89. The summed E-state index contributed by atoms with van der Waals surface area (Å²) >= 11 is 6.00. The number of hydrogen-bond acceptors (Lipinski definition) is 1. The molecule has 0 spiro atoms. The molecule has 1 heterocycles. The molecule has 2 nitrogen and oxygen atoms in total. The van der Waals surface area contributed by atoms with E-state index >= 15 is 0 Å². The van der Waals surface area contributed by atoms with Crippen LogP contribution in [0.25, 0.3) is 10.9 Å². The van der Waals surface area contributed by atoms with Gasteiger partial charge in [-0.15, -0.1) is 0 Å².